The maximum Gasteiger partial charge on any atom is 0.153 e. The Kier molecular flexibility index (Phi) is 6.54. The number of benzene rings is 10. The van der Waals surface area contributed by atoms with Gasteiger partial charge in [0.25, 0.3) is 0 Å². The van der Waals surface area contributed by atoms with E-state index in [0.717, 1.165) is 11.2 Å². The summed E-state index contributed by atoms with van der Waals surface area (Å²) >= 11 is 3.70. The van der Waals surface area contributed by atoms with E-state index in [1.54, 1.807) is 0 Å². The van der Waals surface area contributed by atoms with E-state index in [9.17, 15) is 0 Å². The zero-order valence-electron chi connectivity index (χ0n) is 30.5. The first-order valence-corrected chi connectivity index (χ1v) is 21.0. The zero-order chi connectivity index (χ0) is 37.2. The molecule has 0 atom stereocenters. The summed E-state index contributed by atoms with van der Waals surface area (Å²) in [5.74, 6) is 0. The first kappa shape index (κ1) is 31.4. The molecule has 0 unspecified atom stereocenters. The fourth-order valence-electron chi connectivity index (χ4n) is 9.57. The Hall–Kier alpha value is -6.78. The quantitative estimate of drug-likeness (QED) is 0.164. The van der Waals surface area contributed by atoms with Crippen molar-refractivity contribution in [3.8, 4) is 33.4 Å². The van der Waals surface area contributed by atoms with Crippen LogP contribution in [0.4, 0.5) is 0 Å². The summed E-state index contributed by atoms with van der Waals surface area (Å²) in [7, 11) is 0. The number of furan rings is 1. The van der Waals surface area contributed by atoms with Gasteiger partial charge < -0.3 is 4.42 Å². The molecule has 0 spiro atoms. The highest BCUT2D eigenvalue weighted by molar-refractivity contribution is 7.26. The molecule has 1 nitrogen and oxygen atoms in total. The van der Waals surface area contributed by atoms with E-state index in [2.05, 4.69) is 182 Å². The molecule has 3 heteroatoms. The van der Waals surface area contributed by atoms with Crippen LogP contribution in [0, 0.1) is 0 Å². The van der Waals surface area contributed by atoms with E-state index in [0.29, 0.717) is 0 Å². The standard InChI is InChI=1S/C54H30OS2/c1-2-14-38-34(11-1)45(30-46-52(38)44-28-27-43-36-13-8-10-20-48(36)57-54(43)53(44)55-46)31-21-23-32(24-22-31)50-39-15-3-5-17-41(39)51(42-18-6-4-16-40(42)50)33-25-26-37-35-12-7-9-19-47(35)56-49(37)29-33/h1-30H. The van der Waals surface area contributed by atoms with E-state index in [1.807, 2.05) is 22.7 Å². The van der Waals surface area contributed by atoms with Crippen molar-refractivity contribution in [3.63, 3.8) is 0 Å². The maximum atomic E-state index is 6.85. The second kappa shape index (κ2) is 11.9. The fourth-order valence-corrected chi connectivity index (χ4v) is 11.9. The molecule has 0 bridgehead atoms. The second-order valence-electron chi connectivity index (χ2n) is 15.1. The molecule has 0 fully saturated rings. The van der Waals surface area contributed by atoms with Gasteiger partial charge in [0.15, 0.2) is 5.58 Å². The van der Waals surface area contributed by atoms with Gasteiger partial charge in [-0.05, 0) is 96.0 Å². The molecule has 0 aliphatic heterocycles. The molecule has 3 aromatic heterocycles. The lowest BCUT2D eigenvalue weighted by molar-refractivity contribution is 0.673. The average molecular weight is 759 g/mol. The van der Waals surface area contributed by atoms with Crippen LogP contribution in [0.25, 0.3) is 128 Å². The highest BCUT2D eigenvalue weighted by atomic mass is 32.1. The summed E-state index contributed by atoms with van der Waals surface area (Å²) in [4.78, 5) is 0. The van der Waals surface area contributed by atoms with Crippen LogP contribution in [0.3, 0.4) is 0 Å². The summed E-state index contributed by atoms with van der Waals surface area (Å²) in [6, 6.07) is 67.1. The molecule has 0 N–H and O–H groups in total. The van der Waals surface area contributed by atoms with Crippen LogP contribution in [0.15, 0.2) is 186 Å². The van der Waals surface area contributed by atoms with Gasteiger partial charge >= 0.3 is 0 Å². The topological polar surface area (TPSA) is 13.1 Å². The molecule has 0 saturated heterocycles. The number of rotatable bonds is 3. The smallest absolute Gasteiger partial charge is 0.153 e. The lowest BCUT2D eigenvalue weighted by atomic mass is 9.85. The monoisotopic (exact) mass is 758 g/mol. The summed E-state index contributed by atoms with van der Waals surface area (Å²) < 4.78 is 12.0. The van der Waals surface area contributed by atoms with Crippen molar-refractivity contribution in [1.29, 1.82) is 0 Å². The minimum atomic E-state index is 0.925. The minimum Gasteiger partial charge on any atom is -0.455 e. The summed E-state index contributed by atoms with van der Waals surface area (Å²) in [6.07, 6.45) is 0. The summed E-state index contributed by atoms with van der Waals surface area (Å²) in [6.45, 7) is 0. The fraction of sp³-hybridized carbons (Fsp3) is 0. The minimum absolute atomic E-state index is 0.925. The predicted molar refractivity (Wildman–Crippen MR) is 248 cm³/mol. The van der Waals surface area contributed by atoms with Crippen molar-refractivity contribution >= 4 is 117 Å². The normalized spacial score (nSPS) is 12.2. The van der Waals surface area contributed by atoms with Gasteiger partial charge in [0.2, 0.25) is 0 Å². The summed E-state index contributed by atoms with van der Waals surface area (Å²) in [5, 5.41) is 15.1. The first-order chi connectivity index (χ1) is 28.3. The van der Waals surface area contributed by atoms with Crippen molar-refractivity contribution in [3.05, 3.63) is 182 Å². The van der Waals surface area contributed by atoms with Crippen LogP contribution >= 0.6 is 22.7 Å². The Balaban J connectivity index is 0.988. The van der Waals surface area contributed by atoms with Crippen LogP contribution in [-0.2, 0) is 0 Å². The molecule has 264 valence electrons. The van der Waals surface area contributed by atoms with Crippen LogP contribution in [-0.4, -0.2) is 0 Å². The highest BCUT2D eigenvalue weighted by Crippen LogP contribution is 2.48. The summed E-state index contributed by atoms with van der Waals surface area (Å²) in [5.41, 5.74) is 9.28. The van der Waals surface area contributed by atoms with Gasteiger partial charge in [-0.15, -0.1) is 22.7 Å². The van der Waals surface area contributed by atoms with Crippen molar-refractivity contribution in [2.75, 3.05) is 0 Å². The third kappa shape index (κ3) is 4.50. The SMILES string of the molecule is c1ccc2c(c1)sc1cc(-c3c4ccccc4c(-c4ccc(-c5cc6oc7c(ccc8c9ccccc9sc87)c6c6ccccc56)cc4)c4ccccc34)ccc12. The Bertz CT molecular complexity index is 3750. The van der Waals surface area contributed by atoms with Crippen LogP contribution in [0.5, 0.6) is 0 Å². The zero-order valence-corrected chi connectivity index (χ0v) is 32.2. The molecule has 57 heavy (non-hydrogen) atoms. The van der Waals surface area contributed by atoms with Gasteiger partial charge in [0.1, 0.15) is 5.58 Å². The molecule has 0 radical (unpaired) electrons. The third-order valence-corrected chi connectivity index (χ3v) is 14.4. The van der Waals surface area contributed by atoms with Gasteiger partial charge in [-0.2, -0.15) is 0 Å². The average Bonchev–Trinajstić information content (AvgIpc) is 3.96. The van der Waals surface area contributed by atoms with E-state index in [4.69, 9.17) is 4.42 Å². The number of hydrogen-bond acceptors (Lipinski definition) is 3. The second-order valence-corrected chi connectivity index (χ2v) is 17.2. The van der Waals surface area contributed by atoms with Gasteiger partial charge in [-0.3, -0.25) is 0 Å². The number of thiophene rings is 2. The number of hydrogen-bond donors (Lipinski definition) is 0. The Morgan fingerprint density at radius 1 is 0.316 bits per heavy atom. The molecule has 0 amide bonds. The first-order valence-electron chi connectivity index (χ1n) is 19.4. The molecule has 0 aliphatic rings. The van der Waals surface area contributed by atoms with E-state index in [-0.39, 0.29) is 0 Å². The van der Waals surface area contributed by atoms with E-state index < -0.39 is 0 Å². The molecule has 13 rings (SSSR count). The van der Waals surface area contributed by atoms with E-state index >= 15 is 0 Å². The van der Waals surface area contributed by atoms with Crippen LogP contribution < -0.4 is 0 Å². The predicted octanol–water partition coefficient (Wildman–Crippen LogP) is 16.8. The molecule has 0 saturated carbocycles. The number of fused-ring (bicyclic) bond motifs is 14. The van der Waals surface area contributed by atoms with Crippen molar-refractivity contribution in [1.82, 2.24) is 0 Å². The van der Waals surface area contributed by atoms with E-state index in [1.165, 1.54) is 117 Å². The molecule has 3 heterocycles. The van der Waals surface area contributed by atoms with Gasteiger partial charge in [0, 0.05) is 46.4 Å². The third-order valence-electron chi connectivity index (χ3n) is 12.1. The molecule has 0 aliphatic carbocycles. The van der Waals surface area contributed by atoms with Crippen LogP contribution in [0.2, 0.25) is 0 Å². The lowest BCUT2D eigenvalue weighted by Gasteiger charge is -2.18. The molecule has 13 aromatic rings. The molecular formula is C54H30OS2. The highest BCUT2D eigenvalue weighted by Gasteiger charge is 2.20. The van der Waals surface area contributed by atoms with Crippen LogP contribution in [0.1, 0.15) is 0 Å². The van der Waals surface area contributed by atoms with Crippen molar-refractivity contribution < 1.29 is 4.42 Å². The lowest BCUT2D eigenvalue weighted by Crippen LogP contribution is -1.91. The Morgan fingerprint density at radius 3 is 1.47 bits per heavy atom. The molecular weight excluding hydrogens is 729 g/mol. The van der Waals surface area contributed by atoms with Gasteiger partial charge in [0.05, 0.1) is 4.70 Å². The van der Waals surface area contributed by atoms with Crippen molar-refractivity contribution in [2.45, 2.75) is 0 Å². The van der Waals surface area contributed by atoms with Gasteiger partial charge in [-0.1, -0.05) is 152 Å². The maximum absolute atomic E-state index is 6.85. The largest absolute Gasteiger partial charge is 0.455 e. The Labute approximate surface area is 335 Å². The van der Waals surface area contributed by atoms with Gasteiger partial charge in [-0.25, -0.2) is 0 Å². The Morgan fingerprint density at radius 2 is 0.789 bits per heavy atom. The molecule has 10 aromatic carbocycles. The van der Waals surface area contributed by atoms with Crippen molar-refractivity contribution in [2.24, 2.45) is 0 Å².